The first-order valence-corrected chi connectivity index (χ1v) is 15.2. The molecule has 3 aromatic carbocycles. The molecule has 216 valence electrons. The highest BCUT2D eigenvalue weighted by Gasteiger charge is 2.32. The lowest BCUT2D eigenvalue weighted by Gasteiger charge is -2.45. The van der Waals surface area contributed by atoms with E-state index in [1.54, 1.807) is 7.11 Å². The molecule has 0 unspecified atom stereocenters. The maximum atomic E-state index is 13.9. The van der Waals surface area contributed by atoms with Crippen LogP contribution in [0.5, 0.6) is 5.75 Å². The van der Waals surface area contributed by atoms with Crippen molar-refractivity contribution in [3.8, 4) is 16.9 Å². The summed E-state index contributed by atoms with van der Waals surface area (Å²) in [7, 11) is 1.75. The van der Waals surface area contributed by atoms with Crippen molar-refractivity contribution in [1.82, 2.24) is 9.88 Å². The SMILES string of the molecule is COc1cc2c(cc1N1CCN3CCCC[C@@H]3C1)N(C(=O)Nc1cccc3c(-c4cc(C)nc(C)c4)cccc13)CC2. The Morgan fingerprint density at radius 2 is 1.71 bits per heavy atom. The van der Waals surface area contributed by atoms with Crippen LogP contribution in [0.25, 0.3) is 21.9 Å². The number of amides is 2. The van der Waals surface area contributed by atoms with E-state index in [9.17, 15) is 4.79 Å². The number of rotatable bonds is 4. The smallest absolute Gasteiger partial charge is 0.326 e. The molecule has 4 aromatic rings. The zero-order valence-corrected chi connectivity index (χ0v) is 24.8. The minimum atomic E-state index is -0.101. The van der Waals surface area contributed by atoms with Gasteiger partial charge in [0, 0.05) is 49.0 Å². The molecule has 0 spiro atoms. The fourth-order valence-electron chi connectivity index (χ4n) is 7.24. The molecule has 3 aliphatic rings. The third-order valence-corrected chi connectivity index (χ3v) is 9.26. The van der Waals surface area contributed by atoms with Crippen molar-refractivity contribution in [2.75, 3.05) is 55.0 Å². The Bertz CT molecular complexity index is 1650. The summed E-state index contributed by atoms with van der Waals surface area (Å²) in [5.41, 5.74) is 8.32. The van der Waals surface area contributed by atoms with Gasteiger partial charge in [0.1, 0.15) is 5.75 Å². The molecule has 7 nitrogen and oxygen atoms in total. The Kier molecular flexibility index (Phi) is 6.98. The van der Waals surface area contributed by atoms with Gasteiger partial charge < -0.3 is 15.0 Å². The van der Waals surface area contributed by atoms with Crippen molar-refractivity contribution in [2.24, 2.45) is 0 Å². The second kappa shape index (κ2) is 11.0. The van der Waals surface area contributed by atoms with Crippen LogP contribution < -0.4 is 19.9 Å². The van der Waals surface area contributed by atoms with Gasteiger partial charge in [-0.05, 0) is 92.1 Å². The van der Waals surface area contributed by atoms with Gasteiger partial charge in [-0.15, -0.1) is 0 Å². The van der Waals surface area contributed by atoms with E-state index in [2.05, 4.69) is 68.6 Å². The molecule has 0 radical (unpaired) electrons. The van der Waals surface area contributed by atoms with Crippen LogP contribution >= 0.6 is 0 Å². The van der Waals surface area contributed by atoms with Gasteiger partial charge in [-0.1, -0.05) is 36.8 Å². The highest BCUT2D eigenvalue weighted by Crippen LogP contribution is 2.41. The number of hydrogen-bond acceptors (Lipinski definition) is 5. The van der Waals surface area contributed by atoms with Crippen molar-refractivity contribution in [2.45, 2.75) is 45.6 Å². The number of carbonyl (C=O) groups is 1. The molecule has 0 aliphatic carbocycles. The van der Waals surface area contributed by atoms with Crippen molar-refractivity contribution >= 4 is 33.9 Å². The fourth-order valence-corrected chi connectivity index (χ4v) is 7.24. The van der Waals surface area contributed by atoms with Gasteiger partial charge in [0.15, 0.2) is 0 Å². The second-order valence-electron chi connectivity index (χ2n) is 12.0. The summed E-state index contributed by atoms with van der Waals surface area (Å²) < 4.78 is 5.88. The lowest BCUT2D eigenvalue weighted by Crippen LogP contribution is -2.55. The molecule has 2 saturated heterocycles. The Morgan fingerprint density at radius 3 is 2.55 bits per heavy atom. The van der Waals surface area contributed by atoms with Gasteiger partial charge in [0.25, 0.3) is 0 Å². The molecule has 3 aliphatic heterocycles. The van der Waals surface area contributed by atoms with Crippen LogP contribution in [0.15, 0.2) is 60.7 Å². The molecule has 0 saturated carbocycles. The number of aryl methyl sites for hydroxylation is 2. The largest absolute Gasteiger partial charge is 0.495 e. The molecule has 7 heteroatoms. The van der Waals surface area contributed by atoms with E-state index in [4.69, 9.17) is 4.74 Å². The van der Waals surface area contributed by atoms with Crippen LogP contribution in [-0.2, 0) is 6.42 Å². The Morgan fingerprint density at radius 1 is 0.905 bits per heavy atom. The lowest BCUT2D eigenvalue weighted by atomic mass is 9.97. The van der Waals surface area contributed by atoms with E-state index in [0.29, 0.717) is 12.6 Å². The summed E-state index contributed by atoms with van der Waals surface area (Å²) in [5.74, 6) is 0.906. The maximum Gasteiger partial charge on any atom is 0.326 e. The molecule has 0 bridgehead atoms. The average molecular weight is 562 g/mol. The first-order chi connectivity index (χ1) is 20.5. The number of methoxy groups -OCH3 is 1. The third-order valence-electron chi connectivity index (χ3n) is 9.26. The highest BCUT2D eigenvalue weighted by molar-refractivity contribution is 6.10. The van der Waals surface area contributed by atoms with E-state index < -0.39 is 0 Å². The van der Waals surface area contributed by atoms with Gasteiger partial charge in [-0.2, -0.15) is 0 Å². The number of fused-ring (bicyclic) bond motifs is 3. The first-order valence-electron chi connectivity index (χ1n) is 15.2. The number of anilines is 3. The predicted octanol–water partition coefficient (Wildman–Crippen LogP) is 6.80. The Labute approximate surface area is 248 Å². The number of urea groups is 1. The highest BCUT2D eigenvalue weighted by atomic mass is 16.5. The maximum absolute atomic E-state index is 13.9. The molecule has 4 heterocycles. The van der Waals surface area contributed by atoms with Crippen molar-refractivity contribution in [3.63, 3.8) is 0 Å². The summed E-state index contributed by atoms with van der Waals surface area (Å²) in [5, 5.41) is 5.39. The summed E-state index contributed by atoms with van der Waals surface area (Å²) >= 11 is 0. The number of carbonyl (C=O) groups excluding carboxylic acids is 1. The summed E-state index contributed by atoms with van der Waals surface area (Å²) in [6.45, 7) is 8.98. The van der Waals surface area contributed by atoms with Crippen LogP contribution in [0.3, 0.4) is 0 Å². The van der Waals surface area contributed by atoms with Crippen molar-refractivity contribution < 1.29 is 9.53 Å². The van der Waals surface area contributed by atoms with Crippen LogP contribution in [0.1, 0.15) is 36.2 Å². The topological polar surface area (TPSA) is 60.9 Å². The van der Waals surface area contributed by atoms with E-state index >= 15 is 0 Å². The van der Waals surface area contributed by atoms with E-state index in [-0.39, 0.29) is 6.03 Å². The number of piperidine rings is 1. The van der Waals surface area contributed by atoms with Crippen LogP contribution in [0.2, 0.25) is 0 Å². The van der Waals surface area contributed by atoms with Gasteiger partial charge in [0.2, 0.25) is 0 Å². The number of nitrogens with zero attached hydrogens (tertiary/aromatic N) is 4. The quantitative estimate of drug-likeness (QED) is 0.297. The van der Waals surface area contributed by atoms with Gasteiger partial charge >= 0.3 is 6.03 Å². The van der Waals surface area contributed by atoms with Crippen LogP contribution in [0.4, 0.5) is 21.9 Å². The number of nitrogens with one attached hydrogen (secondary N) is 1. The first kappa shape index (κ1) is 26.8. The average Bonchev–Trinajstić information content (AvgIpc) is 3.42. The molecular weight excluding hydrogens is 522 g/mol. The van der Waals surface area contributed by atoms with E-state index in [1.165, 1.54) is 25.8 Å². The number of pyridine rings is 1. The molecular formula is C35H39N5O2. The summed E-state index contributed by atoms with van der Waals surface area (Å²) in [4.78, 5) is 25.4. The number of benzene rings is 3. The van der Waals surface area contributed by atoms with Crippen LogP contribution in [0, 0.1) is 13.8 Å². The monoisotopic (exact) mass is 561 g/mol. The second-order valence-corrected chi connectivity index (χ2v) is 12.0. The molecule has 1 aromatic heterocycles. The van der Waals surface area contributed by atoms with Gasteiger partial charge in [0.05, 0.1) is 24.2 Å². The molecule has 1 atom stereocenters. The number of piperazine rings is 1. The number of aromatic nitrogens is 1. The lowest BCUT2D eigenvalue weighted by molar-refractivity contribution is 0.133. The third kappa shape index (κ3) is 4.86. The van der Waals surface area contributed by atoms with Gasteiger partial charge in [-0.3, -0.25) is 14.8 Å². The molecule has 2 fully saturated rings. The van der Waals surface area contributed by atoms with E-state index in [1.807, 2.05) is 30.9 Å². The summed E-state index contributed by atoms with van der Waals surface area (Å²) in [6, 6.07) is 21.5. The van der Waals surface area contributed by atoms with Crippen LogP contribution in [-0.4, -0.2) is 61.8 Å². The van der Waals surface area contributed by atoms with Crippen molar-refractivity contribution in [3.05, 3.63) is 77.6 Å². The standard InChI is InChI=1S/C35H39N5O2/c1-23-18-26(19-24(2)36-23)28-9-6-11-30-29(28)10-7-12-31(30)37-35(41)40-15-13-25-20-34(42-3)33(21-32(25)40)39-17-16-38-14-5-4-8-27(38)22-39/h6-7,9-12,18-21,27H,4-5,8,13-17,22H2,1-3H3,(H,37,41)/t27-/m1/s1. The summed E-state index contributed by atoms with van der Waals surface area (Å²) in [6.07, 6.45) is 4.69. The number of ether oxygens (including phenoxy) is 1. The minimum absolute atomic E-state index is 0.101. The van der Waals surface area contributed by atoms with E-state index in [0.717, 1.165) is 87.7 Å². The zero-order valence-electron chi connectivity index (χ0n) is 24.8. The number of hydrogen-bond donors (Lipinski definition) is 1. The van der Waals surface area contributed by atoms with Gasteiger partial charge in [-0.25, -0.2) is 4.79 Å². The minimum Gasteiger partial charge on any atom is -0.495 e. The Hall–Kier alpha value is -4.10. The molecule has 1 N–H and O–H groups in total. The molecule has 7 rings (SSSR count). The van der Waals surface area contributed by atoms with Crippen molar-refractivity contribution in [1.29, 1.82) is 0 Å². The molecule has 2 amide bonds. The predicted molar refractivity (Wildman–Crippen MR) is 171 cm³/mol. The zero-order chi connectivity index (χ0) is 28.8. The Balaban J connectivity index is 1.18. The fraction of sp³-hybridized carbons (Fsp3) is 0.371. The molecule has 42 heavy (non-hydrogen) atoms. The normalized spacial score (nSPS) is 18.6.